The van der Waals surface area contributed by atoms with Crippen LogP contribution in [-0.2, 0) is 0 Å². The molecule has 0 heterocycles. The molecule has 0 unspecified atom stereocenters. The lowest BCUT2D eigenvalue weighted by Crippen LogP contribution is -1.87. The molecule has 0 fully saturated rings. The van der Waals surface area contributed by atoms with Gasteiger partial charge in [-0.05, 0) is 116 Å². The molecular weight excluding hydrogens is 577 g/mol. The van der Waals surface area contributed by atoms with Crippen LogP contribution in [0.15, 0.2) is 182 Å². The zero-order valence-electron chi connectivity index (χ0n) is 26.3. The molecule has 0 saturated carbocycles. The van der Waals surface area contributed by atoms with Gasteiger partial charge in [0.25, 0.3) is 0 Å². The molecule has 222 valence electrons. The van der Waals surface area contributed by atoms with Crippen LogP contribution in [0.25, 0.3) is 98.0 Å². The van der Waals surface area contributed by atoms with E-state index in [0.717, 1.165) is 0 Å². The molecule has 0 saturated heterocycles. The summed E-state index contributed by atoms with van der Waals surface area (Å²) in [7, 11) is 0. The largest absolute Gasteiger partial charge is 0.0616 e. The van der Waals surface area contributed by atoms with Crippen molar-refractivity contribution < 1.29 is 0 Å². The number of benzene rings is 10. The topological polar surface area (TPSA) is 0 Å². The van der Waals surface area contributed by atoms with Crippen molar-refractivity contribution >= 4 is 64.6 Å². The van der Waals surface area contributed by atoms with Gasteiger partial charge in [-0.3, -0.25) is 0 Å². The van der Waals surface area contributed by atoms with Crippen LogP contribution < -0.4 is 0 Å². The Bertz CT molecular complexity index is 2870. The Kier molecular flexibility index (Phi) is 5.98. The molecule has 0 nitrogen and oxygen atoms in total. The summed E-state index contributed by atoms with van der Waals surface area (Å²) in [6, 6.07) is 67.1. The predicted octanol–water partition coefficient (Wildman–Crippen LogP) is 13.6. The van der Waals surface area contributed by atoms with Gasteiger partial charge in [-0.1, -0.05) is 164 Å². The van der Waals surface area contributed by atoms with Crippen LogP contribution in [0.4, 0.5) is 0 Å². The molecule has 0 N–H and O–H groups in total. The third-order valence-electron chi connectivity index (χ3n) is 10.2. The highest BCUT2D eigenvalue weighted by Crippen LogP contribution is 2.40. The summed E-state index contributed by atoms with van der Waals surface area (Å²) >= 11 is 0. The van der Waals surface area contributed by atoms with Crippen molar-refractivity contribution in [3.8, 4) is 33.4 Å². The first-order valence-corrected chi connectivity index (χ1v) is 16.7. The fourth-order valence-corrected chi connectivity index (χ4v) is 7.86. The molecule has 10 aromatic carbocycles. The third-order valence-corrected chi connectivity index (χ3v) is 10.2. The third kappa shape index (κ3) is 4.24. The molecule has 0 radical (unpaired) electrons. The van der Waals surface area contributed by atoms with E-state index in [1.54, 1.807) is 0 Å². The number of hydrogen-bond acceptors (Lipinski definition) is 0. The molecule has 0 aliphatic rings. The Labute approximate surface area is 279 Å². The van der Waals surface area contributed by atoms with E-state index < -0.39 is 0 Å². The molecule has 0 atom stereocenters. The Morgan fingerprint density at radius 2 is 0.729 bits per heavy atom. The molecule has 0 bridgehead atoms. The SMILES string of the molecule is c1ccc2c(-c3ccc(-c4ccc5c(ccc6cc(-c7cc8ccc9ccccc9c8c8ccccc78)ccc65)c4)cc3)cccc2c1. The lowest BCUT2D eigenvalue weighted by Gasteiger charge is -2.14. The van der Waals surface area contributed by atoms with Crippen molar-refractivity contribution in [3.63, 3.8) is 0 Å². The van der Waals surface area contributed by atoms with E-state index in [9.17, 15) is 0 Å². The molecule has 10 aromatic rings. The fraction of sp³-hybridized carbons (Fsp3) is 0. The Morgan fingerprint density at radius 1 is 0.208 bits per heavy atom. The van der Waals surface area contributed by atoms with E-state index in [1.807, 2.05) is 0 Å². The highest BCUT2D eigenvalue weighted by atomic mass is 14.2. The number of rotatable bonds is 3. The van der Waals surface area contributed by atoms with Crippen LogP contribution in [0, 0.1) is 0 Å². The van der Waals surface area contributed by atoms with Crippen LogP contribution in [0.5, 0.6) is 0 Å². The van der Waals surface area contributed by atoms with Gasteiger partial charge in [-0.15, -0.1) is 0 Å². The van der Waals surface area contributed by atoms with Crippen molar-refractivity contribution in [2.75, 3.05) is 0 Å². The summed E-state index contributed by atoms with van der Waals surface area (Å²) in [5.74, 6) is 0. The van der Waals surface area contributed by atoms with Crippen molar-refractivity contribution in [2.24, 2.45) is 0 Å². The minimum absolute atomic E-state index is 1.23. The quantitative estimate of drug-likeness (QED) is 0.176. The molecule has 0 aliphatic carbocycles. The van der Waals surface area contributed by atoms with E-state index >= 15 is 0 Å². The first kappa shape index (κ1) is 26.9. The van der Waals surface area contributed by atoms with E-state index in [-0.39, 0.29) is 0 Å². The van der Waals surface area contributed by atoms with Gasteiger partial charge in [-0.2, -0.15) is 0 Å². The average molecular weight is 607 g/mol. The predicted molar refractivity (Wildman–Crippen MR) is 208 cm³/mol. The lowest BCUT2D eigenvalue weighted by molar-refractivity contribution is 1.62. The second-order valence-corrected chi connectivity index (χ2v) is 12.9. The van der Waals surface area contributed by atoms with Gasteiger partial charge in [0.2, 0.25) is 0 Å². The average Bonchev–Trinajstić information content (AvgIpc) is 3.16. The van der Waals surface area contributed by atoms with Gasteiger partial charge in [0, 0.05) is 0 Å². The zero-order chi connectivity index (χ0) is 31.6. The lowest BCUT2D eigenvalue weighted by atomic mass is 9.89. The van der Waals surface area contributed by atoms with E-state index in [0.29, 0.717) is 0 Å². The van der Waals surface area contributed by atoms with Crippen molar-refractivity contribution in [1.29, 1.82) is 0 Å². The highest BCUT2D eigenvalue weighted by molar-refractivity contribution is 6.23. The second-order valence-electron chi connectivity index (χ2n) is 12.9. The normalized spacial score (nSPS) is 11.8. The smallest absolute Gasteiger partial charge is 0.00264 e. The van der Waals surface area contributed by atoms with Crippen molar-refractivity contribution in [2.45, 2.75) is 0 Å². The van der Waals surface area contributed by atoms with E-state index in [2.05, 4.69) is 182 Å². The molecule has 48 heavy (non-hydrogen) atoms. The molecule has 0 heteroatoms. The zero-order valence-corrected chi connectivity index (χ0v) is 26.3. The summed E-state index contributed by atoms with van der Waals surface area (Å²) in [5, 5.41) is 15.4. The minimum atomic E-state index is 1.23. The summed E-state index contributed by atoms with van der Waals surface area (Å²) in [6.45, 7) is 0. The molecule has 0 spiro atoms. The summed E-state index contributed by atoms with van der Waals surface area (Å²) < 4.78 is 0. The van der Waals surface area contributed by atoms with Gasteiger partial charge in [0.1, 0.15) is 0 Å². The Balaban J connectivity index is 1.04. The minimum Gasteiger partial charge on any atom is -0.0616 e. The monoisotopic (exact) mass is 606 g/mol. The maximum absolute atomic E-state index is 2.38. The molecule has 10 rings (SSSR count). The standard InChI is InChI=1S/C48H30/c1-3-11-40-32(8-1)10-7-15-41(40)34-18-16-31(17-19-34)35-24-26-42-36(28-35)21-22-37-29-38(25-27-43(37)42)47-30-39-23-20-33-9-2-4-12-44(33)48(39)46-14-6-5-13-45(46)47/h1-30H. The summed E-state index contributed by atoms with van der Waals surface area (Å²) in [5.41, 5.74) is 7.50. The van der Waals surface area contributed by atoms with Crippen molar-refractivity contribution in [3.05, 3.63) is 182 Å². The van der Waals surface area contributed by atoms with Crippen LogP contribution in [-0.4, -0.2) is 0 Å². The maximum Gasteiger partial charge on any atom is -0.00264 e. The fourth-order valence-electron chi connectivity index (χ4n) is 7.86. The summed E-state index contributed by atoms with van der Waals surface area (Å²) in [4.78, 5) is 0. The van der Waals surface area contributed by atoms with Gasteiger partial charge in [-0.25, -0.2) is 0 Å². The summed E-state index contributed by atoms with van der Waals surface area (Å²) in [6.07, 6.45) is 0. The van der Waals surface area contributed by atoms with Gasteiger partial charge in [0.15, 0.2) is 0 Å². The van der Waals surface area contributed by atoms with Crippen LogP contribution in [0.2, 0.25) is 0 Å². The number of hydrogen-bond donors (Lipinski definition) is 0. The molecular formula is C48H30. The molecule has 0 amide bonds. The molecule has 0 aromatic heterocycles. The van der Waals surface area contributed by atoms with Crippen LogP contribution in [0.3, 0.4) is 0 Å². The van der Waals surface area contributed by atoms with E-state index in [4.69, 9.17) is 0 Å². The van der Waals surface area contributed by atoms with Crippen LogP contribution >= 0.6 is 0 Å². The van der Waals surface area contributed by atoms with Crippen molar-refractivity contribution in [1.82, 2.24) is 0 Å². The molecule has 0 aliphatic heterocycles. The van der Waals surface area contributed by atoms with E-state index in [1.165, 1.54) is 98.0 Å². The van der Waals surface area contributed by atoms with Gasteiger partial charge in [0.05, 0.1) is 0 Å². The first-order chi connectivity index (χ1) is 23.8. The highest BCUT2D eigenvalue weighted by Gasteiger charge is 2.13. The first-order valence-electron chi connectivity index (χ1n) is 16.7. The number of fused-ring (bicyclic) bond motifs is 9. The Hall–Kier alpha value is -6.24. The second kappa shape index (κ2) is 10.7. The van der Waals surface area contributed by atoms with Gasteiger partial charge < -0.3 is 0 Å². The van der Waals surface area contributed by atoms with Gasteiger partial charge >= 0.3 is 0 Å². The maximum atomic E-state index is 2.38. The Morgan fingerprint density at radius 3 is 1.50 bits per heavy atom. The van der Waals surface area contributed by atoms with Crippen LogP contribution in [0.1, 0.15) is 0 Å².